The maximum absolute atomic E-state index is 14.2. The van der Waals surface area contributed by atoms with Crippen LogP contribution >= 0.6 is 0 Å². The monoisotopic (exact) mass is 263 g/mol. The van der Waals surface area contributed by atoms with Gasteiger partial charge in [0.15, 0.2) is 0 Å². The van der Waals surface area contributed by atoms with E-state index in [-0.39, 0.29) is 17.6 Å². The number of hydrogen-bond donors (Lipinski definition) is 0. The minimum Gasteiger partial charge on any atom is -0.309 e. The molecule has 1 aliphatic rings. The zero-order valence-corrected chi connectivity index (χ0v) is 12.2. The van der Waals surface area contributed by atoms with Crippen LogP contribution in [-0.2, 0) is 10.2 Å². The highest BCUT2D eigenvalue weighted by atomic mass is 19.1. The number of nitrogens with zero attached hydrogens (tertiary/aromatic N) is 1. The van der Waals surface area contributed by atoms with Gasteiger partial charge >= 0.3 is 0 Å². The van der Waals surface area contributed by atoms with Crippen LogP contribution in [0.25, 0.3) is 0 Å². The third kappa shape index (κ3) is 1.71. The summed E-state index contributed by atoms with van der Waals surface area (Å²) in [7, 11) is 0. The molecule has 0 saturated carbocycles. The molecule has 2 atom stereocenters. The minimum atomic E-state index is -0.553. The van der Waals surface area contributed by atoms with E-state index in [1.54, 1.807) is 11.0 Å². The number of anilines is 1. The molecule has 104 valence electrons. The van der Waals surface area contributed by atoms with Gasteiger partial charge in [0.2, 0.25) is 5.91 Å². The van der Waals surface area contributed by atoms with Crippen molar-refractivity contribution < 1.29 is 9.18 Å². The molecule has 0 fully saturated rings. The lowest BCUT2D eigenvalue weighted by Crippen LogP contribution is -2.44. The van der Waals surface area contributed by atoms with Gasteiger partial charge in [0.1, 0.15) is 5.82 Å². The Morgan fingerprint density at radius 1 is 1.32 bits per heavy atom. The minimum absolute atomic E-state index is 0.0620. The van der Waals surface area contributed by atoms with Gasteiger partial charge in [-0.05, 0) is 30.9 Å². The summed E-state index contributed by atoms with van der Waals surface area (Å²) in [5, 5.41) is 0. The predicted molar refractivity (Wildman–Crippen MR) is 75.9 cm³/mol. The molecule has 0 saturated heterocycles. The van der Waals surface area contributed by atoms with Gasteiger partial charge < -0.3 is 4.90 Å². The highest BCUT2D eigenvalue weighted by Gasteiger charge is 2.52. The molecule has 19 heavy (non-hydrogen) atoms. The van der Waals surface area contributed by atoms with Gasteiger partial charge in [-0.25, -0.2) is 4.39 Å². The van der Waals surface area contributed by atoms with Crippen LogP contribution in [0.4, 0.5) is 10.1 Å². The number of benzene rings is 1. The van der Waals surface area contributed by atoms with E-state index in [1.807, 2.05) is 19.9 Å². The number of amides is 1. The van der Waals surface area contributed by atoms with Crippen LogP contribution in [0.1, 0.15) is 46.1 Å². The SMILES string of the molecule is CCC(C)C1(CC)C(=O)N(CC)c2c(F)cccc21. The molecule has 0 spiro atoms. The number of likely N-dealkylation sites (N-methyl/N-ethyl adjacent to an activating group) is 1. The Morgan fingerprint density at radius 2 is 2.00 bits per heavy atom. The second-order valence-electron chi connectivity index (χ2n) is 5.32. The fourth-order valence-electron chi connectivity index (χ4n) is 3.42. The van der Waals surface area contributed by atoms with E-state index in [9.17, 15) is 9.18 Å². The van der Waals surface area contributed by atoms with Crippen molar-refractivity contribution in [2.75, 3.05) is 11.4 Å². The van der Waals surface area contributed by atoms with Crippen LogP contribution in [0.15, 0.2) is 18.2 Å². The van der Waals surface area contributed by atoms with Gasteiger partial charge in [0.25, 0.3) is 0 Å². The third-order valence-corrected chi connectivity index (χ3v) is 4.69. The van der Waals surface area contributed by atoms with Crippen molar-refractivity contribution in [1.82, 2.24) is 0 Å². The van der Waals surface area contributed by atoms with E-state index in [4.69, 9.17) is 0 Å². The van der Waals surface area contributed by atoms with Crippen LogP contribution in [0.3, 0.4) is 0 Å². The van der Waals surface area contributed by atoms with E-state index in [2.05, 4.69) is 13.8 Å². The highest BCUT2D eigenvalue weighted by molar-refractivity contribution is 6.08. The zero-order chi connectivity index (χ0) is 14.2. The highest BCUT2D eigenvalue weighted by Crippen LogP contribution is 2.50. The maximum Gasteiger partial charge on any atom is 0.238 e. The molecule has 0 radical (unpaired) electrons. The second kappa shape index (κ2) is 4.95. The Morgan fingerprint density at radius 3 is 2.53 bits per heavy atom. The summed E-state index contributed by atoms with van der Waals surface area (Å²) in [5.74, 6) is -0.0135. The summed E-state index contributed by atoms with van der Waals surface area (Å²) in [5.41, 5.74) is 0.815. The third-order valence-electron chi connectivity index (χ3n) is 4.69. The first-order valence-electron chi connectivity index (χ1n) is 7.15. The van der Waals surface area contributed by atoms with E-state index in [0.717, 1.165) is 12.0 Å². The Balaban J connectivity index is 2.72. The van der Waals surface area contributed by atoms with E-state index in [1.165, 1.54) is 6.07 Å². The van der Waals surface area contributed by atoms with Crippen LogP contribution in [-0.4, -0.2) is 12.5 Å². The molecule has 2 rings (SSSR count). The molecule has 2 nitrogen and oxygen atoms in total. The lowest BCUT2D eigenvalue weighted by molar-refractivity contribution is -0.125. The first-order chi connectivity index (χ1) is 9.04. The topological polar surface area (TPSA) is 20.3 Å². The summed E-state index contributed by atoms with van der Waals surface area (Å²) in [6.07, 6.45) is 1.63. The second-order valence-corrected chi connectivity index (χ2v) is 5.32. The van der Waals surface area contributed by atoms with E-state index < -0.39 is 5.41 Å². The van der Waals surface area contributed by atoms with Crippen LogP contribution in [0.2, 0.25) is 0 Å². The van der Waals surface area contributed by atoms with Crippen molar-refractivity contribution >= 4 is 11.6 Å². The van der Waals surface area contributed by atoms with Crippen LogP contribution in [0, 0.1) is 11.7 Å². The smallest absolute Gasteiger partial charge is 0.238 e. The van der Waals surface area contributed by atoms with Crippen molar-refractivity contribution in [1.29, 1.82) is 0 Å². The first-order valence-corrected chi connectivity index (χ1v) is 7.15. The predicted octanol–water partition coefficient (Wildman–Crippen LogP) is 3.89. The van der Waals surface area contributed by atoms with Crippen molar-refractivity contribution in [3.05, 3.63) is 29.6 Å². The number of para-hydroxylation sites is 1. The standard InChI is InChI=1S/C16H22FNO/c1-5-11(4)16(6-2)12-9-8-10-13(17)14(12)18(7-3)15(16)19/h8-11H,5-7H2,1-4H3. The average Bonchev–Trinajstić information content (AvgIpc) is 2.68. The van der Waals surface area contributed by atoms with Gasteiger partial charge in [-0.1, -0.05) is 39.3 Å². The molecule has 1 heterocycles. The van der Waals surface area contributed by atoms with Crippen molar-refractivity contribution in [2.45, 2.75) is 46.0 Å². The number of halogens is 1. The normalized spacial score (nSPS) is 23.6. The number of hydrogen-bond acceptors (Lipinski definition) is 1. The van der Waals surface area contributed by atoms with Crippen LogP contribution in [0.5, 0.6) is 0 Å². The van der Waals surface area contributed by atoms with Crippen molar-refractivity contribution in [3.63, 3.8) is 0 Å². The maximum atomic E-state index is 14.2. The Bertz CT molecular complexity index is 500. The molecule has 3 heteroatoms. The quantitative estimate of drug-likeness (QED) is 0.807. The fraction of sp³-hybridized carbons (Fsp3) is 0.562. The molecule has 0 aliphatic carbocycles. The lowest BCUT2D eigenvalue weighted by Gasteiger charge is -2.33. The van der Waals surface area contributed by atoms with E-state index >= 15 is 0 Å². The summed E-state index contributed by atoms with van der Waals surface area (Å²) in [6, 6.07) is 5.08. The number of fused-ring (bicyclic) bond motifs is 1. The summed E-state index contributed by atoms with van der Waals surface area (Å²) in [6.45, 7) is 8.62. The van der Waals surface area contributed by atoms with Crippen molar-refractivity contribution in [2.24, 2.45) is 5.92 Å². The Labute approximate surface area is 114 Å². The van der Waals surface area contributed by atoms with Gasteiger partial charge in [-0.3, -0.25) is 4.79 Å². The largest absolute Gasteiger partial charge is 0.309 e. The molecular formula is C16H22FNO. The molecule has 2 unspecified atom stereocenters. The Kier molecular flexibility index (Phi) is 3.66. The molecule has 1 aromatic carbocycles. The molecule has 1 aliphatic heterocycles. The number of carbonyl (C=O) groups excluding carboxylic acids is 1. The lowest BCUT2D eigenvalue weighted by atomic mass is 9.69. The Hall–Kier alpha value is -1.38. The summed E-state index contributed by atoms with van der Waals surface area (Å²) >= 11 is 0. The number of carbonyl (C=O) groups is 1. The molecule has 0 N–H and O–H groups in total. The van der Waals surface area contributed by atoms with Gasteiger partial charge in [0, 0.05) is 6.54 Å². The van der Waals surface area contributed by atoms with Gasteiger partial charge in [-0.2, -0.15) is 0 Å². The molecule has 0 aromatic heterocycles. The molecule has 0 bridgehead atoms. The van der Waals surface area contributed by atoms with Crippen LogP contribution < -0.4 is 4.90 Å². The first kappa shape index (κ1) is 14.0. The molecule has 1 amide bonds. The van der Waals surface area contributed by atoms with Gasteiger partial charge in [0.05, 0.1) is 11.1 Å². The van der Waals surface area contributed by atoms with Crippen molar-refractivity contribution in [3.8, 4) is 0 Å². The summed E-state index contributed by atoms with van der Waals surface area (Å²) in [4.78, 5) is 14.5. The molecule has 1 aromatic rings. The van der Waals surface area contributed by atoms with Gasteiger partial charge in [-0.15, -0.1) is 0 Å². The zero-order valence-electron chi connectivity index (χ0n) is 12.2. The summed E-state index contributed by atoms with van der Waals surface area (Å²) < 4.78 is 14.2. The number of rotatable bonds is 4. The van der Waals surface area contributed by atoms with E-state index in [0.29, 0.717) is 18.7 Å². The fourth-order valence-corrected chi connectivity index (χ4v) is 3.42. The molecular weight excluding hydrogens is 241 g/mol. The average molecular weight is 263 g/mol.